The van der Waals surface area contributed by atoms with Crippen LogP contribution in [0.1, 0.15) is 31.1 Å². The molecule has 0 spiro atoms. The molecule has 0 fully saturated rings. The van der Waals surface area contributed by atoms with E-state index in [0.29, 0.717) is 31.4 Å². The third-order valence-corrected chi connectivity index (χ3v) is 5.54. The van der Waals surface area contributed by atoms with Crippen LogP contribution in [0.3, 0.4) is 0 Å². The maximum Gasteiger partial charge on any atom is 0.240 e. The van der Waals surface area contributed by atoms with Gasteiger partial charge in [-0.05, 0) is 55.7 Å². The number of anilines is 1. The van der Waals surface area contributed by atoms with Crippen molar-refractivity contribution in [3.63, 3.8) is 0 Å². The molecule has 0 aliphatic carbocycles. The average molecular weight is 348 g/mol. The normalized spacial score (nSPS) is 16.1. The molecule has 7 heteroatoms. The van der Waals surface area contributed by atoms with Crippen molar-refractivity contribution in [1.82, 2.24) is 4.72 Å². The summed E-state index contributed by atoms with van der Waals surface area (Å²) < 4.78 is 33.1. The Labute approximate surface area is 141 Å². The van der Waals surface area contributed by atoms with Gasteiger partial charge in [0.25, 0.3) is 0 Å². The molecule has 2 aromatic rings. The summed E-state index contributed by atoms with van der Waals surface area (Å²) in [5, 5.41) is 2.80. The molecule has 2 N–H and O–H groups in total. The molecule has 0 radical (unpaired) electrons. The van der Waals surface area contributed by atoms with Crippen LogP contribution in [0.15, 0.2) is 45.9 Å². The Hall–Kier alpha value is -2.12. The number of hydrogen-bond acceptors (Lipinski definition) is 4. The van der Waals surface area contributed by atoms with Crippen LogP contribution < -0.4 is 10.0 Å². The number of aryl methyl sites for hydroxylation is 1. The fraction of sp³-hybridized carbons (Fsp3) is 0.353. The van der Waals surface area contributed by atoms with E-state index in [4.69, 9.17) is 4.42 Å². The van der Waals surface area contributed by atoms with E-state index < -0.39 is 10.0 Å². The van der Waals surface area contributed by atoms with E-state index in [2.05, 4.69) is 10.0 Å². The van der Waals surface area contributed by atoms with Gasteiger partial charge in [-0.15, -0.1) is 0 Å². The molecule has 2 heterocycles. The SMILES string of the molecule is CC(Cc1ccco1)NS(=O)(=O)c1ccc2c(c1)CCCC(=O)N2. The van der Waals surface area contributed by atoms with Gasteiger partial charge in [0.1, 0.15) is 5.76 Å². The molecule has 1 aliphatic heterocycles. The molecule has 3 rings (SSSR count). The second kappa shape index (κ2) is 6.78. The van der Waals surface area contributed by atoms with Crippen molar-refractivity contribution in [2.45, 2.75) is 43.5 Å². The second-order valence-corrected chi connectivity index (χ2v) is 7.74. The van der Waals surface area contributed by atoms with Crippen LogP contribution in [0.2, 0.25) is 0 Å². The molecule has 1 unspecified atom stereocenters. The summed E-state index contributed by atoms with van der Waals surface area (Å²) in [6.45, 7) is 1.80. The molecule has 1 atom stereocenters. The number of fused-ring (bicyclic) bond motifs is 1. The third kappa shape index (κ3) is 3.85. The first-order chi connectivity index (χ1) is 11.4. The molecular weight excluding hydrogens is 328 g/mol. The van der Waals surface area contributed by atoms with Crippen LogP contribution in [0.25, 0.3) is 0 Å². The highest BCUT2D eigenvalue weighted by molar-refractivity contribution is 7.89. The molecule has 1 aromatic carbocycles. The summed E-state index contributed by atoms with van der Waals surface area (Å²) in [5.41, 5.74) is 1.54. The first-order valence-corrected chi connectivity index (χ1v) is 9.40. The number of carbonyl (C=O) groups is 1. The number of sulfonamides is 1. The first-order valence-electron chi connectivity index (χ1n) is 7.91. The number of benzene rings is 1. The quantitative estimate of drug-likeness (QED) is 0.869. The van der Waals surface area contributed by atoms with Gasteiger partial charge in [0.05, 0.1) is 11.2 Å². The Kier molecular flexibility index (Phi) is 4.73. The maximum atomic E-state index is 12.6. The van der Waals surface area contributed by atoms with Crippen molar-refractivity contribution in [3.05, 3.63) is 47.9 Å². The smallest absolute Gasteiger partial charge is 0.240 e. The standard InChI is InChI=1S/C17H20N2O4S/c1-12(10-14-5-3-9-23-14)19-24(21,22)15-7-8-16-13(11-15)4-2-6-17(20)18-16/h3,5,7-9,11-12,19H,2,4,6,10H2,1H3,(H,18,20). The number of amides is 1. The van der Waals surface area contributed by atoms with Crippen LogP contribution >= 0.6 is 0 Å². The van der Waals surface area contributed by atoms with Crippen LogP contribution in [-0.2, 0) is 27.7 Å². The zero-order valence-electron chi connectivity index (χ0n) is 13.4. The lowest BCUT2D eigenvalue weighted by molar-refractivity contribution is -0.116. The van der Waals surface area contributed by atoms with Crippen molar-refractivity contribution in [2.24, 2.45) is 0 Å². The van der Waals surface area contributed by atoms with E-state index in [9.17, 15) is 13.2 Å². The maximum absolute atomic E-state index is 12.6. The van der Waals surface area contributed by atoms with E-state index in [0.717, 1.165) is 11.3 Å². The fourth-order valence-corrected chi connectivity index (χ4v) is 4.12. The summed E-state index contributed by atoms with van der Waals surface area (Å²) in [7, 11) is -3.63. The molecule has 6 nitrogen and oxygen atoms in total. The van der Waals surface area contributed by atoms with Gasteiger partial charge < -0.3 is 9.73 Å². The number of carbonyl (C=O) groups excluding carboxylic acids is 1. The van der Waals surface area contributed by atoms with Gasteiger partial charge in [0.15, 0.2) is 0 Å². The molecule has 0 bridgehead atoms. The molecule has 0 saturated heterocycles. The van der Waals surface area contributed by atoms with Gasteiger partial charge in [0, 0.05) is 24.6 Å². The van der Waals surface area contributed by atoms with Gasteiger partial charge in [-0.2, -0.15) is 0 Å². The van der Waals surface area contributed by atoms with E-state index >= 15 is 0 Å². The fourth-order valence-electron chi connectivity index (χ4n) is 2.82. The van der Waals surface area contributed by atoms with E-state index in [1.54, 1.807) is 31.4 Å². The van der Waals surface area contributed by atoms with Crippen molar-refractivity contribution < 1.29 is 17.6 Å². The molecule has 0 saturated carbocycles. The van der Waals surface area contributed by atoms with Crippen molar-refractivity contribution in [1.29, 1.82) is 0 Å². The zero-order chi connectivity index (χ0) is 17.2. The van der Waals surface area contributed by atoms with Gasteiger partial charge in [0.2, 0.25) is 15.9 Å². The largest absolute Gasteiger partial charge is 0.469 e. The molecule has 1 aromatic heterocycles. The van der Waals surface area contributed by atoms with Gasteiger partial charge in [-0.1, -0.05) is 0 Å². The van der Waals surface area contributed by atoms with E-state index in [-0.39, 0.29) is 16.8 Å². The molecule has 24 heavy (non-hydrogen) atoms. The van der Waals surface area contributed by atoms with Crippen molar-refractivity contribution in [3.8, 4) is 0 Å². The Morgan fingerprint density at radius 3 is 2.88 bits per heavy atom. The lowest BCUT2D eigenvalue weighted by Crippen LogP contribution is -2.34. The van der Waals surface area contributed by atoms with Gasteiger partial charge in [-0.3, -0.25) is 4.79 Å². The van der Waals surface area contributed by atoms with Crippen molar-refractivity contribution in [2.75, 3.05) is 5.32 Å². The minimum atomic E-state index is -3.63. The highest BCUT2D eigenvalue weighted by Gasteiger charge is 2.21. The highest BCUT2D eigenvalue weighted by atomic mass is 32.2. The lowest BCUT2D eigenvalue weighted by Gasteiger charge is -2.15. The molecule has 1 aliphatic rings. The monoisotopic (exact) mass is 348 g/mol. The Morgan fingerprint density at radius 1 is 1.29 bits per heavy atom. The first kappa shape index (κ1) is 16.7. The van der Waals surface area contributed by atoms with Gasteiger partial charge in [-0.25, -0.2) is 13.1 Å². The zero-order valence-corrected chi connectivity index (χ0v) is 14.2. The van der Waals surface area contributed by atoms with E-state index in [1.165, 1.54) is 6.07 Å². The molecule has 128 valence electrons. The Balaban J connectivity index is 1.77. The summed E-state index contributed by atoms with van der Waals surface area (Å²) in [5.74, 6) is 0.699. The molecular formula is C17H20N2O4S. The minimum absolute atomic E-state index is 0.0328. The number of nitrogens with one attached hydrogen (secondary N) is 2. The minimum Gasteiger partial charge on any atom is -0.469 e. The predicted molar refractivity (Wildman–Crippen MR) is 90.2 cm³/mol. The molecule has 1 amide bonds. The number of hydrogen-bond donors (Lipinski definition) is 2. The number of furan rings is 1. The summed E-state index contributed by atoms with van der Waals surface area (Å²) >= 11 is 0. The third-order valence-electron chi connectivity index (χ3n) is 3.95. The summed E-state index contributed by atoms with van der Waals surface area (Å²) in [4.78, 5) is 11.8. The van der Waals surface area contributed by atoms with Crippen LogP contribution in [0.5, 0.6) is 0 Å². The Bertz CT molecular complexity index is 828. The average Bonchev–Trinajstić information content (AvgIpc) is 2.93. The Morgan fingerprint density at radius 2 is 2.12 bits per heavy atom. The van der Waals surface area contributed by atoms with Crippen LogP contribution in [0.4, 0.5) is 5.69 Å². The van der Waals surface area contributed by atoms with E-state index in [1.807, 2.05) is 6.07 Å². The number of rotatable bonds is 5. The van der Waals surface area contributed by atoms with Crippen molar-refractivity contribution >= 4 is 21.6 Å². The summed E-state index contributed by atoms with van der Waals surface area (Å²) in [6.07, 6.45) is 3.89. The second-order valence-electron chi connectivity index (χ2n) is 6.03. The van der Waals surface area contributed by atoms with Gasteiger partial charge >= 0.3 is 0 Å². The van der Waals surface area contributed by atoms with Crippen LogP contribution in [-0.4, -0.2) is 20.4 Å². The summed E-state index contributed by atoms with van der Waals surface area (Å²) in [6, 6.07) is 8.12. The predicted octanol–water partition coefficient (Wildman–Crippen LogP) is 2.46. The highest BCUT2D eigenvalue weighted by Crippen LogP contribution is 2.25. The lowest BCUT2D eigenvalue weighted by atomic mass is 10.1. The topological polar surface area (TPSA) is 88.4 Å². The van der Waals surface area contributed by atoms with Crippen LogP contribution in [0, 0.1) is 0 Å².